The predicted octanol–water partition coefficient (Wildman–Crippen LogP) is 2.36. The number of carbonyl (C=O) groups is 1. The van der Waals surface area contributed by atoms with Crippen molar-refractivity contribution in [1.29, 1.82) is 0 Å². The van der Waals surface area contributed by atoms with Crippen molar-refractivity contribution in [1.82, 2.24) is 30.1 Å². The molecule has 4 rings (SSSR count). The first-order valence-corrected chi connectivity index (χ1v) is 8.91. The van der Waals surface area contributed by atoms with E-state index in [0.29, 0.717) is 18.7 Å². The van der Waals surface area contributed by atoms with Gasteiger partial charge in [0.05, 0.1) is 12.8 Å². The minimum atomic E-state index is -0.132. The molecule has 2 aromatic heterocycles. The number of rotatable bonds is 6. The number of fused-ring (bicyclic) bond motifs is 1. The monoisotopic (exact) mass is 376 g/mol. The van der Waals surface area contributed by atoms with E-state index in [9.17, 15) is 4.79 Å². The van der Waals surface area contributed by atoms with Crippen LogP contribution in [0.3, 0.4) is 0 Å². The van der Waals surface area contributed by atoms with Crippen LogP contribution in [0.4, 0.5) is 0 Å². The smallest absolute Gasteiger partial charge is 0.251 e. The van der Waals surface area contributed by atoms with Gasteiger partial charge in [-0.2, -0.15) is 0 Å². The molecule has 2 aromatic carbocycles. The molecular formula is C20H20N6O2. The summed E-state index contributed by atoms with van der Waals surface area (Å²) in [5.41, 5.74) is 3.44. The Labute approximate surface area is 161 Å². The minimum Gasteiger partial charge on any atom is -0.497 e. The van der Waals surface area contributed by atoms with E-state index in [2.05, 4.69) is 25.4 Å². The minimum absolute atomic E-state index is 0.132. The molecule has 0 atom stereocenters. The standard InChI is InChI=1S/C20H20N6O2/c1-14-3-4-16(12-19(14)26-13-22-23-24-26)20(27)21-8-10-25-9-7-15-11-17(28-2)5-6-18(15)25/h3-7,9,11-13H,8,10H2,1-2H3,(H,21,27). The van der Waals surface area contributed by atoms with Crippen LogP contribution in [0, 0.1) is 6.92 Å². The Morgan fingerprint density at radius 1 is 1.18 bits per heavy atom. The molecular weight excluding hydrogens is 356 g/mol. The van der Waals surface area contributed by atoms with Gasteiger partial charge in [0, 0.05) is 35.8 Å². The lowest BCUT2D eigenvalue weighted by Crippen LogP contribution is -2.27. The molecule has 8 nitrogen and oxygen atoms in total. The van der Waals surface area contributed by atoms with Crippen LogP contribution in [-0.4, -0.2) is 44.3 Å². The number of amides is 1. The molecule has 8 heteroatoms. The molecule has 0 spiro atoms. The molecule has 0 aliphatic heterocycles. The average Bonchev–Trinajstić information content (AvgIpc) is 3.38. The number of nitrogens with one attached hydrogen (secondary N) is 1. The maximum Gasteiger partial charge on any atom is 0.251 e. The Balaban J connectivity index is 1.43. The van der Waals surface area contributed by atoms with Crippen LogP contribution in [0.25, 0.3) is 16.6 Å². The first kappa shape index (κ1) is 17.7. The first-order valence-electron chi connectivity index (χ1n) is 8.91. The Morgan fingerprint density at radius 2 is 2.07 bits per heavy atom. The van der Waals surface area contributed by atoms with Crippen molar-refractivity contribution in [2.75, 3.05) is 13.7 Å². The van der Waals surface area contributed by atoms with Crippen molar-refractivity contribution in [3.05, 3.63) is 66.1 Å². The van der Waals surface area contributed by atoms with Gasteiger partial charge in [-0.1, -0.05) is 6.07 Å². The van der Waals surface area contributed by atoms with Gasteiger partial charge in [0.2, 0.25) is 0 Å². The fraction of sp³-hybridized carbons (Fsp3) is 0.200. The van der Waals surface area contributed by atoms with Crippen molar-refractivity contribution < 1.29 is 9.53 Å². The van der Waals surface area contributed by atoms with E-state index in [1.165, 1.54) is 6.33 Å². The fourth-order valence-electron chi connectivity index (χ4n) is 3.16. The van der Waals surface area contributed by atoms with E-state index in [0.717, 1.165) is 27.9 Å². The Hall–Kier alpha value is -3.68. The third-order valence-corrected chi connectivity index (χ3v) is 4.68. The Morgan fingerprint density at radius 3 is 2.86 bits per heavy atom. The third kappa shape index (κ3) is 3.44. The molecule has 1 amide bonds. The lowest BCUT2D eigenvalue weighted by Gasteiger charge is -2.10. The molecule has 1 N–H and O–H groups in total. The normalized spacial score (nSPS) is 10.9. The number of methoxy groups -OCH3 is 1. The number of tetrazole rings is 1. The first-order chi connectivity index (χ1) is 13.7. The SMILES string of the molecule is COc1ccc2c(ccn2CCNC(=O)c2ccc(C)c(-n3cnnn3)c2)c1. The van der Waals surface area contributed by atoms with Gasteiger partial charge >= 0.3 is 0 Å². The number of aromatic nitrogens is 5. The van der Waals surface area contributed by atoms with Gasteiger partial charge in [0.15, 0.2) is 0 Å². The van der Waals surface area contributed by atoms with Crippen LogP contribution in [0.1, 0.15) is 15.9 Å². The van der Waals surface area contributed by atoms with Crippen molar-refractivity contribution in [3.8, 4) is 11.4 Å². The summed E-state index contributed by atoms with van der Waals surface area (Å²) in [5, 5.41) is 15.3. The fourth-order valence-corrected chi connectivity index (χ4v) is 3.16. The summed E-state index contributed by atoms with van der Waals surface area (Å²) >= 11 is 0. The van der Waals surface area contributed by atoms with Gasteiger partial charge in [0.1, 0.15) is 12.1 Å². The summed E-state index contributed by atoms with van der Waals surface area (Å²) in [6.45, 7) is 3.14. The van der Waals surface area contributed by atoms with Gasteiger partial charge < -0.3 is 14.6 Å². The van der Waals surface area contributed by atoms with Crippen molar-refractivity contribution >= 4 is 16.8 Å². The largest absolute Gasteiger partial charge is 0.497 e. The second-order valence-electron chi connectivity index (χ2n) is 6.45. The van der Waals surface area contributed by atoms with Crippen LogP contribution < -0.4 is 10.1 Å². The van der Waals surface area contributed by atoms with Crippen molar-refractivity contribution in [2.45, 2.75) is 13.5 Å². The second kappa shape index (κ2) is 7.51. The molecule has 0 aliphatic carbocycles. The van der Waals surface area contributed by atoms with Crippen LogP contribution in [0.5, 0.6) is 5.75 Å². The highest BCUT2D eigenvalue weighted by atomic mass is 16.5. The molecule has 28 heavy (non-hydrogen) atoms. The highest BCUT2D eigenvalue weighted by Gasteiger charge is 2.10. The zero-order valence-corrected chi connectivity index (χ0v) is 15.7. The molecule has 0 fully saturated rings. The summed E-state index contributed by atoms with van der Waals surface area (Å²) in [4.78, 5) is 12.6. The number of nitrogens with zero attached hydrogens (tertiary/aromatic N) is 5. The summed E-state index contributed by atoms with van der Waals surface area (Å²) in [6, 6.07) is 13.5. The predicted molar refractivity (Wildman–Crippen MR) is 105 cm³/mol. The quantitative estimate of drug-likeness (QED) is 0.558. The summed E-state index contributed by atoms with van der Waals surface area (Å²) < 4.78 is 8.91. The van der Waals surface area contributed by atoms with Gasteiger partial charge in [-0.15, -0.1) is 5.10 Å². The van der Waals surface area contributed by atoms with Gasteiger partial charge in [-0.3, -0.25) is 4.79 Å². The number of carbonyl (C=O) groups excluding carboxylic acids is 1. The molecule has 0 aliphatic rings. The number of hydrogen-bond donors (Lipinski definition) is 1. The summed E-state index contributed by atoms with van der Waals surface area (Å²) in [7, 11) is 1.66. The molecule has 0 saturated carbocycles. The average molecular weight is 376 g/mol. The summed E-state index contributed by atoms with van der Waals surface area (Å²) in [5.74, 6) is 0.698. The van der Waals surface area contributed by atoms with E-state index >= 15 is 0 Å². The lowest BCUT2D eigenvalue weighted by atomic mass is 10.1. The van der Waals surface area contributed by atoms with E-state index in [1.54, 1.807) is 23.9 Å². The second-order valence-corrected chi connectivity index (χ2v) is 6.45. The maximum absolute atomic E-state index is 12.6. The Bertz CT molecular complexity index is 1120. The highest BCUT2D eigenvalue weighted by molar-refractivity contribution is 5.94. The maximum atomic E-state index is 12.6. The number of benzene rings is 2. The molecule has 0 radical (unpaired) electrons. The van der Waals surface area contributed by atoms with Gasteiger partial charge in [-0.25, -0.2) is 4.68 Å². The highest BCUT2D eigenvalue weighted by Crippen LogP contribution is 2.21. The molecule has 142 valence electrons. The van der Waals surface area contributed by atoms with Crippen molar-refractivity contribution in [3.63, 3.8) is 0 Å². The van der Waals surface area contributed by atoms with E-state index < -0.39 is 0 Å². The summed E-state index contributed by atoms with van der Waals surface area (Å²) in [6.07, 6.45) is 3.52. The zero-order valence-electron chi connectivity index (χ0n) is 15.7. The number of aryl methyl sites for hydroxylation is 1. The zero-order chi connectivity index (χ0) is 19.5. The van der Waals surface area contributed by atoms with Crippen LogP contribution >= 0.6 is 0 Å². The number of ether oxygens (including phenoxy) is 1. The molecule has 0 bridgehead atoms. The van der Waals surface area contributed by atoms with Gasteiger partial charge in [0.25, 0.3) is 5.91 Å². The molecule has 4 aromatic rings. The lowest BCUT2D eigenvalue weighted by molar-refractivity contribution is 0.0952. The van der Waals surface area contributed by atoms with Crippen LogP contribution in [0.15, 0.2) is 55.0 Å². The third-order valence-electron chi connectivity index (χ3n) is 4.68. The molecule has 2 heterocycles. The number of hydrogen-bond acceptors (Lipinski definition) is 5. The van der Waals surface area contributed by atoms with Crippen molar-refractivity contribution in [2.24, 2.45) is 0 Å². The molecule has 0 unspecified atom stereocenters. The van der Waals surface area contributed by atoms with Gasteiger partial charge in [-0.05, 0) is 59.3 Å². The van der Waals surface area contributed by atoms with E-state index in [-0.39, 0.29) is 5.91 Å². The topological polar surface area (TPSA) is 86.9 Å². The van der Waals surface area contributed by atoms with E-state index in [4.69, 9.17) is 4.74 Å². The van der Waals surface area contributed by atoms with Crippen LogP contribution in [-0.2, 0) is 6.54 Å². The molecule has 0 saturated heterocycles. The Kier molecular flexibility index (Phi) is 4.76. The van der Waals surface area contributed by atoms with Crippen LogP contribution in [0.2, 0.25) is 0 Å². The van der Waals surface area contributed by atoms with E-state index in [1.807, 2.05) is 43.5 Å².